The van der Waals surface area contributed by atoms with E-state index in [4.69, 9.17) is 23.2 Å². The van der Waals surface area contributed by atoms with Gasteiger partial charge in [-0.3, -0.25) is 4.79 Å². The first-order valence-corrected chi connectivity index (χ1v) is 6.40. The molecule has 20 heavy (non-hydrogen) atoms. The fraction of sp³-hybridized carbons (Fsp3) is 0. The first-order chi connectivity index (χ1) is 9.59. The summed E-state index contributed by atoms with van der Waals surface area (Å²) < 4.78 is 0. The highest BCUT2D eigenvalue weighted by molar-refractivity contribution is 6.43. The highest BCUT2D eigenvalue weighted by Gasteiger charge is 2.08. The summed E-state index contributed by atoms with van der Waals surface area (Å²) in [4.78, 5) is 11.7. The summed E-state index contributed by atoms with van der Waals surface area (Å²) in [6, 6.07) is 11.5. The van der Waals surface area contributed by atoms with E-state index < -0.39 is 0 Å². The van der Waals surface area contributed by atoms with Crippen molar-refractivity contribution in [3.63, 3.8) is 0 Å². The van der Waals surface area contributed by atoms with Crippen LogP contribution in [0.3, 0.4) is 0 Å². The van der Waals surface area contributed by atoms with E-state index in [0.717, 1.165) is 0 Å². The number of hydrogen-bond donors (Lipinski definition) is 2. The van der Waals surface area contributed by atoms with Crippen molar-refractivity contribution in [2.75, 3.05) is 0 Å². The van der Waals surface area contributed by atoms with Crippen molar-refractivity contribution in [1.82, 2.24) is 5.43 Å². The lowest BCUT2D eigenvalue weighted by Crippen LogP contribution is -2.17. The topological polar surface area (TPSA) is 61.7 Å². The van der Waals surface area contributed by atoms with Gasteiger partial charge >= 0.3 is 0 Å². The fourth-order valence-electron chi connectivity index (χ4n) is 1.49. The number of phenolic OH excluding ortho intramolecular Hbond substituents is 1. The molecule has 0 aliphatic carbocycles. The number of carbonyl (C=O) groups excluding carboxylic acids is 1. The van der Waals surface area contributed by atoms with Crippen molar-refractivity contribution in [3.05, 3.63) is 63.6 Å². The fourth-order valence-corrected chi connectivity index (χ4v) is 1.86. The molecule has 2 aromatic carbocycles. The third kappa shape index (κ3) is 3.29. The molecule has 0 radical (unpaired) electrons. The molecule has 0 aliphatic rings. The number of nitrogens with one attached hydrogen (secondary N) is 1. The number of carbonyl (C=O) groups is 1. The van der Waals surface area contributed by atoms with Gasteiger partial charge in [-0.1, -0.05) is 41.4 Å². The summed E-state index contributed by atoms with van der Waals surface area (Å²) in [5, 5.41) is 13.9. The number of rotatable bonds is 3. The number of hydrogen-bond acceptors (Lipinski definition) is 3. The zero-order chi connectivity index (χ0) is 14.5. The second-order valence-electron chi connectivity index (χ2n) is 3.86. The highest BCUT2D eigenvalue weighted by atomic mass is 35.5. The Balaban J connectivity index is 2.12. The van der Waals surface area contributed by atoms with Crippen molar-refractivity contribution in [3.8, 4) is 5.75 Å². The Kier molecular flexibility index (Phi) is 4.61. The Labute approximate surface area is 125 Å². The van der Waals surface area contributed by atoms with Gasteiger partial charge in [-0.2, -0.15) is 5.10 Å². The average Bonchev–Trinajstić information content (AvgIpc) is 2.47. The van der Waals surface area contributed by atoms with Crippen molar-refractivity contribution in [2.24, 2.45) is 5.10 Å². The van der Waals surface area contributed by atoms with Crippen LogP contribution in [0.2, 0.25) is 10.0 Å². The summed E-state index contributed by atoms with van der Waals surface area (Å²) in [5.74, 6) is -0.434. The molecule has 0 aliphatic heterocycles. The highest BCUT2D eigenvalue weighted by Crippen LogP contribution is 2.30. The van der Waals surface area contributed by atoms with Crippen molar-refractivity contribution in [1.29, 1.82) is 0 Å². The number of benzene rings is 2. The van der Waals surface area contributed by atoms with Crippen LogP contribution in [0.25, 0.3) is 0 Å². The minimum absolute atomic E-state index is 0.0721. The number of amides is 1. The Hall–Kier alpha value is -2.04. The van der Waals surface area contributed by atoms with Crippen LogP contribution in [0.4, 0.5) is 0 Å². The molecule has 0 bridgehead atoms. The van der Waals surface area contributed by atoms with E-state index in [2.05, 4.69) is 10.5 Å². The number of nitrogens with zero attached hydrogens (tertiary/aromatic N) is 1. The summed E-state index contributed by atoms with van der Waals surface area (Å²) in [6.45, 7) is 0. The van der Waals surface area contributed by atoms with E-state index >= 15 is 0 Å². The number of hydrazone groups is 1. The summed E-state index contributed by atoms with van der Waals surface area (Å²) in [7, 11) is 0. The number of phenols is 1. The van der Waals surface area contributed by atoms with Crippen LogP contribution in [-0.4, -0.2) is 17.2 Å². The molecule has 0 saturated heterocycles. The van der Waals surface area contributed by atoms with Gasteiger partial charge in [-0.25, -0.2) is 5.43 Å². The zero-order valence-corrected chi connectivity index (χ0v) is 11.7. The monoisotopic (exact) mass is 308 g/mol. The van der Waals surface area contributed by atoms with E-state index in [1.807, 2.05) is 6.07 Å². The summed E-state index contributed by atoms with van der Waals surface area (Å²) in [6.07, 6.45) is 1.24. The third-order valence-corrected chi connectivity index (χ3v) is 3.32. The molecule has 0 saturated carbocycles. The van der Waals surface area contributed by atoms with Crippen LogP contribution in [0.5, 0.6) is 5.75 Å². The molecule has 6 heteroatoms. The van der Waals surface area contributed by atoms with Gasteiger partial charge in [0, 0.05) is 5.56 Å². The number of aromatic hydroxyl groups is 1. The number of halogens is 2. The molecule has 0 fully saturated rings. The van der Waals surface area contributed by atoms with E-state index in [1.54, 1.807) is 24.3 Å². The predicted molar refractivity (Wildman–Crippen MR) is 79.6 cm³/mol. The van der Waals surface area contributed by atoms with Crippen LogP contribution in [0.15, 0.2) is 47.6 Å². The van der Waals surface area contributed by atoms with E-state index in [1.165, 1.54) is 18.3 Å². The smallest absolute Gasteiger partial charge is 0.271 e. The predicted octanol–water partition coefficient (Wildman–Crippen LogP) is 3.46. The molecule has 0 spiro atoms. The molecule has 102 valence electrons. The van der Waals surface area contributed by atoms with Crippen LogP contribution >= 0.6 is 23.2 Å². The summed E-state index contributed by atoms with van der Waals surface area (Å²) >= 11 is 11.8. The van der Waals surface area contributed by atoms with Gasteiger partial charge in [-0.05, 0) is 24.3 Å². The molecule has 1 amide bonds. The van der Waals surface area contributed by atoms with Crippen molar-refractivity contribution >= 4 is 35.3 Å². The lowest BCUT2D eigenvalue weighted by Gasteiger charge is -2.03. The SMILES string of the molecule is O=C(NN=Cc1c(O)ccc(Cl)c1Cl)c1ccccc1. The largest absolute Gasteiger partial charge is 0.507 e. The normalized spacial score (nSPS) is 10.7. The minimum Gasteiger partial charge on any atom is -0.507 e. The quantitative estimate of drug-likeness (QED) is 0.674. The second kappa shape index (κ2) is 6.41. The zero-order valence-electron chi connectivity index (χ0n) is 10.2. The van der Waals surface area contributed by atoms with Crippen molar-refractivity contribution < 1.29 is 9.90 Å². The minimum atomic E-state index is -0.362. The molecule has 4 nitrogen and oxygen atoms in total. The van der Waals surface area contributed by atoms with Gasteiger partial charge in [0.15, 0.2) is 0 Å². The van der Waals surface area contributed by atoms with E-state index in [-0.39, 0.29) is 22.2 Å². The average molecular weight is 309 g/mol. The Morgan fingerprint density at radius 2 is 1.85 bits per heavy atom. The molecule has 0 unspecified atom stereocenters. The molecule has 0 aromatic heterocycles. The standard InChI is InChI=1S/C14H10Cl2N2O2/c15-11-6-7-12(19)10(13(11)16)8-17-18-14(20)9-4-2-1-3-5-9/h1-8,19H,(H,18,20). The van der Waals surface area contributed by atoms with Crippen LogP contribution in [0.1, 0.15) is 15.9 Å². The third-order valence-electron chi connectivity index (χ3n) is 2.51. The molecule has 2 aromatic rings. The van der Waals surface area contributed by atoms with Crippen LogP contribution in [-0.2, 0) is 0 Å². The Morgan fingerprint density at radius 1 is 1.15 bits per heavy atom. The molecule has 2 N–H and O–H groups in total. The van der Waals surface area contributed by atoms with Crippen molar-refractivity contribution in [2.45, 2.75) is 0 Å². The Bertz CT molecular complexity index is 658. The molecular weight excluding hydrogens is 299 g/mol. The lowest BCUT2D eigenvalue weighted by atomic mass is 10.2. The maximum Gasteiger partial charge on any atom is 0.271 e. The van der Waals surface area contributed by atoms with Gasteiger partial charge in [0.25, 0.3) is 5.91 Å². The Morgan fingerprint density at radius 3 is 2.55 bits per heavy atom. The van der Waals surface area contributed by atoms with Gasteiger partial charge in [0.05, 0.1) is 21.8 Å². The van der Waals surface area contributed by atoms with Gasteiger partial charge in [0.2, 0.25) is 0 Å². The lowest BCUT2D eigenvalue weighted by molar-refractivity contribution is 0.0955. The first-order valence-electron chi connectivity index (χ1n) is 5.65. The molecule has 0 heterocycles. The van der Waals surface area contributed by atoms with Gasteiger partial charge in [-0.15, -0.1) is 0 Å². The molecule has 0 atom stereocenters. The molecular formula is C14H10Cl2N2O2. The van der Waals surface area contributed by atoms with E-state index in [0.29, 0.717) is 10.6 Å². The van der Waals surface area contributed by atoms with Gasteiger partial charge in [0.1, 0.15) is 5.75 Å². The van der Waals surface area contributed by atoms with E-state index in [9.17, 15) is 9.90 Å². The summed E-state index contributed by atoms with van der Waals surface area (Å²) in [5.41, 5.74) is 3.06. The second-order valence-corrected chi connectivity index (χ2v) is 4.64. The van der Waals surface area contributed by atoms with Crippen LogP contribution in [0, 0.1) is 0 Å². The van der Waals surface area contributed by atoms with Gasteiger partial charge < -0.3 is 5.11 Å². The molecule has 2 rings (SSSR count). The first kappa shape index (κ1) is 14.4. The van der Waals surface area contributed by atoms with Crippen LogP contribution < -0.4 is 5.43 Å². The maximum atomic E-state index is 11.7. The maximum absolute atomic E-state index is 11.7.